The zero-order chi connectivity index (χ0) is 15.4. The standard InChI is InChI=1S/C18H34N2/c1-9-10-13(6)16-17(14(7)11(2)3)20-18(19-16)15(8)12(4)5/h11-15H,9-10H2,1-8H3,(H,19,20). The van der Waals surface area contributed by atoms with E-state index in [0.717, 1.165) is 0 Å². The second-order valence-electron chi connectivity index (χ2n) is 7.18. The van der Waals surface area contributed by atoms with E-state index in [2.05, 4.69) is 60.4 Å². The first-order chi connectivity index (χ1) is 9.29. The van der Waals surface area contributed by atoms with Gasteiger partial charge < -0.3 is 4.98 Å². The van der Waals surface area contributed by atoms with Crippen molar-refractivity contribution in [2.45, 2.75) is 86.0 Å². The molecule has 0 saturated carbocycles. The monoisotopic (exact) mass is 278 g/mol. The second-order valence-corrected chi connectivity index (χ2v) is 7.18. The Balaban J connectivity index is 3.18. The Kier molecular flexibility index (Phi) is 6.29. The minimum atomic E-state index is 0.496. The molecule has 0 aliphatic heterocycles. The molecule has 2 heteroatoms. The van der Waals surface area contributed by atoms with Crippen molar-refractivity contribution in [3.05, 3.63) is 17.2 Å². The van der Waals surface area contributed by atoms with Gasteiger partial charge in [0.25, 0.3) is 0 Å². The van der Waals surface area contributed by atoms with Crippen molar-refractivity contribution in [1.29, 1.82) is 0 Å². The molecule has 1 aromatic heterocycles. The molecule has 1 rings (SSSR count). The van der Waals surface area contributed by atoms with E-state index in [9.17, 15) is 0 Å². The summed E-state index contributed by atoms with van der Waals surface area (Å²) < 4.78 is 0. The van der Waals surface area contributed by atoms with Gasteiger partial charge in [-0.25, -0.2) is 4.98 Å². The fourth-order valence-corrected chi connectivity index (χ4v) is 2.57. The van der Waals surface area contributed by atoms with Crippen LogP contribution in [-0.2, 0) is 0 Å². The summed E-state index contributed by atoms with van der Waals surface area (Å²) in [5.41, 5.74) is 2.69. The van der Waals surface area contributed by atoms with E-state index in [-0.39, 0.29) is 0 Å². The normalized spacial score (nSPS) is 16.7. The number of nitrogens with one attached hydrogen (secondary N) is 1. The highest BCUT2D eigenvalue weighted by Gasteiger charge is 2.24. The number of imidazole rings is 1. The Morgan fingerprint density at radius 3 is 1.90 bits per heavy atom. The molecule has 1 heterocycles. The lowest BCUT2D eigenvalue weighted by Gasteiger charge is -2.17. The molecule has 0 radical (unpaired) electrons. The van der Waals surface area contributed by atoms with Crippen LogP contribution in [0.2, 0.25) is 0 Å². The first kappa shape index (κ1) is 17.3. The van der Waals surface area contributed by atoms with Gasteiger partial charge in [-0.1, -0.05) is 61.8 Å². The average Bonchev–Trinajstić information content (AvgIpc) is 2.81. The van der Waals surface area contributed by atoms with Gasteiger partial charge >= 0.3 is 0 Å². The van der Waals surface area contributed by atoms with E-state index >= 15 is 0 Å². The van der Waals surface area contributed by atoms with Gasteiger partial charge in [0.15, 0.2) is 0 Å². The van der Waals surface area contributed by atoms with E-state index < -0.39 is 0 Å². The summed E-state index contributed by atoms with van der Waals surface area (Å²) in [6.07, 6.45) is 2.46. The Morgan fingerprint density at radius 1 is 0.900 bits per heavy atom. The van der Waals surface area contributed by atoms with E-state index in [4.69, 9.17) is 4.98 Å². The first-order valence-electron chi connectivity index (χ1n) is 8.39. The summed E-state index contributed by atoms with van der Waals surface area (Å²) in [5, 5.41) is 0. The van der Waals surface area contributed by atoms with Crippen LogP contribution in [0.4, 0.5) is 0 Å². The largest absolute Gasteiger partial charge is 0.345 e. The van der Waals surface area contributed by atoms with Crippen LogP contribution in [0.15, 0.2) is 0 Å². The molecule has 0 aliphatic rings. The van der Waals surface area contributed by atoms with Crippen molar-refractivity contribution in [3.63, 3.8) is 0 Å². The minimum absolute atomic E-state index is 0.496. The zero-order valence-electron chi connectivity index (χ0n) is 14.7. The van der Waals surface area contributed by atoms with Crippen LogP contribution in [-0.4, -0.2) is 9.97 Å². The molecule has 0 saturated heterocycles. The molecule has 0 aromatic carbocycles. The molecule has 3 atom stereocenters. The summed E-state index contributed by atoms with van der Waals surface area (Å²) in [6, 6.07) is 0. The highest BCUT2D eigenvalue weighted by Crippen LogP contribution is 2.33. The number of H-pyrrole nitrogens is 1. The molecule has 1 N–H and O–H groups in total. The molecule has 0 spiro atoms. The van der Waals surface area contributed by atoms with Crippen LogP contribution < -0.4 is 0 Å². The second kappa shape index (κ2) is 7.28. The number of rotatable bonds is 7. The maximum Gasteiger partial charge on any atom is 0.109 e. The fraction of sp³-hybridized carbons (Fsp3) is 0.833. The van der Waals surface area contributed by atoms with Crippen molar-refractivity contribution in [1.82, 2.24) is 9.97 Å². The molecule has 20 heavy (non-hydrogen) atoms. The Morgan fingerprint density at radius 2 is 1.45 bits per heavy atom. The van der Waals surface area contributed by atoms with Gasteiger partial charge in [0.2, 0.25) is 0 Å². The van der Waals surface area contributed by atoms with Crippen molar-refractivity contribution in [3.8, 4) is 0 Å². The lowest BCUT2D eigenvalue weighted by atomic mass is 9.89. The molecule has 1 aromatic rings. The molecular formula is C18H34N2. The minimum Gasteiger partial charge on any atom is -0.345 e. The third-order valence-corrected chi connectivity index (χ3v) is 4.86. The van der Waals surface area contributed by atoms with Crippen LogP contribution in [0, 0.1) is 11.8 Å². The number of hydrogen-bond donors (Lipinski definition) is 1. The quantitative estimate of drug-likeness (QED) is 0.667. The summed E-state index contributed by atoms with van der Waals surface area (Å²) in [4.78, 5) is 8.67. The zero-order valence-corrected chi connectivity index (χ0v) is 14.7. The Bertz CT molecular complexity index is 404. The Labute approximate surface area is 125 Å². The van der Waals surface area contributed by atoms with Gasteiger partial charge in [0.05, 0.1) is 5.69 Å². The van der Waals surface area contributed by atoms with Crippen LogP contribution >= 0.6 is 0 Å². The van der Waals surface area contributed by atoms with Crippen LogP contribution in [0.25, 0.3) is 0 Å². The molecular weight excluding hydrogens is 244 g/mol. The van der Waals surface area contributed by atoms with Gasteiger partial charge in [0, 0.05) is 17.5 Å². The number of hydrogen-bond acceptors (Lipinski definition) is 1. The summed E-state index contributed by atoms with van der Waals surface area (Å²) >= 11 is 0. The van der Waals surface area contributed by atoms with Crippen LogP contribution in [0.3, 0.4) is 0 Å². The predicted molar refractivity (Wildman–Crippen MR) is 88.4 cm³/mol. The number of aromatic amines is 1. The van der Waals surface area contributed by atoms with Crippen LogP contribution in [0.1, 0.15) is 103 Å². The van der Waals surface area contributed by atoms with Crippen molar-refractivity contribution in [2.75, 3.05) is 0 Å². The summed E-state index contributed by atoms with van der Waals surface area (Å²) in [7, 11) is 0. The fourth-order valence-electron chi connectivity index (χ4n) is 2.57. The van der Waals surface area contributed by atoms with E-state index in [0.29, 0.717) is 29.6 Å². The van der Waals surface area contributed by atoms with Crippen molar-refractivity contribution >= 4 is 0 Å². The smallest absolute Gasteiger partial charge is 0.109 e. The molecule has 2 nitrogen and oxygen atoms in total. The maximum absolute atomic E-state index is 5.00. The van der Waals surface area contributed by atoms with E-state index in [1.54, 1.807) is 0 Å². The summed E-state index contributed by atoms with van der Waals surface area (Å²) in [6.45, 7) is 18.3. The summed E-state index contributed by atoms with van der Waals surface area (Å²) in [5.74, 6) is 4.03. The number of nitrogens with zero attached hydrogens (tertiary/aromatic N) is 1. The van der Waals surface area contributed by atoms with Gasteiger partial charge in [-0.3, -0.25) is 0 Å². The third-order valence-electron chi connectivity index (χ3n) is 4.86. The van der Waals surface area contributed by atoms with Gasteiger partial charge in [-0.15, -0.1) is 0 Å². The predicted octanol–water partition coefficient (Wildman–Crippen LogP) is 5.83. The molecule has 0 aliphatic carbocycles. The highest BCUT2D eigenvalue weighted by atomic mass is 15.0. The van der Waals surface area contributed by atoms with E-state index in [1.165, 1.54) is 30.1 Å². The van der Waals surface area contributed by atoms with Crippen molar-refractivity contribution in [2.24, 2.45) is 11.8 Å². The molecule has 0 fully saturated rings. The first-order valence-corrected chi connectivity index (χ1v) is 8.39. The SMILES string of the molecule is CCCC(C)c1[nH]c(C(C)C(C)C)nc1C(C)C(C)C. The topological polar surface area (TPSA) is 28.7 Å². The number of aromatic nitrogens is 2. The molecule has 0 amide bonds. The highest BCUT2D eigenvalue weighted by molar-refractivity contribution is 5.24. The van der Waals surface area contributed by atoms with Gasteiger partial charge in [-0.05, 0) is 24.2 Å². The molecule has 116 valence electrons. The van der Waals surface area contributed by atoms with Gasteiger partial charge in [0.1, 0.15) is 5.82 Å². The molecule has 0 bridgehead atoms. The average molecular weight is 278 g/mol. The third kappa shape index (κ3) is 3.86. The van der Waals surface area contributed by atoms with Crippen LogP contribution in [0.5, 0.6) is 0 Å². The van der Waals surface area contributed by atoms with Gasteiger partial charge in [-0.2, -0.15) is 0 Å². The van der Waals surface area contributed by atoms with E-state index in [1.807, 2.05) is 0 Å². The lowest BCUT2D eigenvalue weighted by molar-refractivity contribution is 0.502. The maximum atomic E-state index is 5.00. The lowest BCUT2D eigenvalue weighted by Crippen LogP contribution is -2.08. The Hall–Kier alpha value is -0.790. The molecule has 3 unspecified atom stereocenters. The van der Waals surface area contributed by atoms with Crippen molar-refractivity contribution < 1.29 is 0 Å².